The molecule has 0 radical (unpaired) electrons. The third kappa shape index (κ3) is 2.64. The van der Waals surface area contributed by atoms with E-state index in [9.17, 15) is 4.79 Å². The third-order valence-corrected chi connectivity index (χ3v) is 1.63. The molecule has 1 aromatic carbocycles. The standard InChI is InChI=1S/C11H10O2/c1-9-5-3-4-6-10(9)7-8-11(12)13-2/h3-6H,1-2H3. The van der Waals surface area contributed by atoms with E-state index in [0.29, 0.717) is 0 Å². The van der Waals surface area contributed by atoms with E-state index in [0.717, 1.165) is 11.1 Å². The molecule has 0 unspecified atom stereocenters. The topological polar surface area (TPSA) is 26.3 Å². The van der Waals surface area contributed by atoms with Crippen LogP contribution in [0, 0.1) is 18.8 Å². The minimum Gasteiger partial charge on any atom is -0.459 e. The first-order valence-electron chi connectivity index (χ1n) is 3.89. The van der Waals surface area contributed by atoms with Crippen molar-refractivity contribution in [3.63, 3.8) is 0 Å². The van der Waals surface area contributed by atoms with Crippen LogP contribution in [0.5, 0.6) is 0 Å². The van der Waals surface area contributed by atoms with E-state index in [4.69, 9.17) is 0 Å². The molecule has 0 amide bonds. The second kappa shape index (κ2) is 4.32. The smallest absolute Gasteiger partial charge is 0.384 e. The van der Waals surface area contributed by atoms with Crippen molar-refractivity contribution in [2.45, 2.75) is 6.92 Å². The van der Waals surface area contributed by atoms with E-state index in [1.807, 2.05) is 31.2 Å². The second-order valence-corrected chi connectivity index (χ2v) is 2.56. The van der Waals surface area contributed by atoms with E-state index < -0.39 is 5.97 Å². The van der Waals surface area contributed by atoms with Gasteiger partial charge in [-0.15, -0.1) is 0 Å². The minimum absolute atomic E-state index is 0.511. The average Bonchev–Trinajstić information content (AvgIpc) is 2.16. The van der Waals surface area contributed by atoms with Gasteiger partial charge in [0.15, 0.2) is 0 Å². The van der Waals surface area contributed by atoms with Crippen LogP contribution in [0.1, 0.15) is 11.1 Å². The zero-order valence-electron chi connectivity index (χ0n) is 7.63. The van der Waals surface area contributed by atoms with Gasteiger partial charge in [-0.25, -0.2) is 4.79 Å². The maximum absolute atomic E-state index is 10.7. The van der Waals surface area contributed by atoms with Gasteiger partial charge >= 0.3 is 5.97 Å². The Bertz CT molecular complexity index is 369. The molecule has 0 atom stereocenters. The van der Waals surface area contributed by atoms with Crippen LogP contribution < -0.4 is 0 Å². The highest BCUT2D eigenvalue weighted by atomic mass is 16.5. The van der Waals surface area contributed by atoms with Gasteiger partial charge in [0.05, 0.1) is 7.11 Å². The summed E-state index contributed by atoms with van der Waals surface area (Å²) >= 11 is 0. The van der Waals surface area contributed by atoms with Crippen LogP contribution in [-0.4, -0.2) is 13.1 Å². The van der Waals surface area contributed by atoms with Crippen molar-refractivity contribution in [3.05, 3.63) is 35.4 Å². The summed E-state index contributed by atoms with van der Waals surface area (Å²) in [5.41, 5.74) is 1.91. The molecule has 0 saturated heterocycles. The number of rotatable bonds is 0. The van der Waals surface area contributed by atoms with Crippen molar-refractivity contribution in [2.24, 2.45) is 0 Å². The molecule has 1 rings (SSSR count). The highest BCUT2D eigenvalue weighted by Gasteiger charge is 1.93. The van der Waals surface area contributed by atoms with Crippen LogP contribution in [0.4, 0.5) is 0 Å². The fourth-order valence-electron chi connectivity index (χ4n) is 0.883. The third-order valence-electron chi connectivity index (χ3n) is 1.63. The number of methoxy groups -OCH3 is 1. The van der Waals surface area contributed by atoms with Crippen molar-refractivity contribution in [1.82, 2.24) is 0 Å². The van der Waals surface area contributed by atoms with Crippen LogP contribution in [0.25, 0.3) is 0 Å². The Morgan fingerprint density at radius 3 is 2.69 bits per heavy atom. The molecule has 0 aliphatic carbocycles. The predicted molar refractivity (Wildman–Crippen MR) is 50.1 cm³/mol. The summed E-state index contributed by atoms with van der Waals surface area (Å²) in [4.78, 5) is 10.7. The number of benzene rings is 1. The predicted octanol–water partition coefficient (Wildman–Crippen LogP) is 1.52. The minimum atomic E-state index is -0.511. The summed E-state index contributed by atoms with van der Waals surface area (Å²) < 4.78 is 4.40. The number of hydrogen-bond acceptors (Lipinski definition) is 2. The molecule has 2 heteroatoms. The summed E-state index contributed by atoms with van der Waals surface area (Å²) in [6.07, 6.45) is 0. The Morgan fingerprint density at radius 2 is 2.08 bits per heavy atom. The molecule has 66 valence electrons. The Morgan fingerprint density at radius 1 is 1.38 bits per heavy atom. The van der Waals surface area contributed by atoms with Gasteiger partial charge in [-0.3, -0.25) is 0 Å². The van der Waals surface area contributed by atoms with Gasteiger partial charge in [-0.1, -0.05) is 24.1 Å². The molecule has 13 heavy (non-hydrogen) atoms. The quantitative estimate of drug-likeness (QED) is 0.440. The summed E-state index contributed by atoms with van der Waals surface area (Å²) in [6.45, 7) is 1.95. The number of hydrogen-bond donors (Lipinski definition) is 0. The molecule has 0 fully saturated rings. The van der Waals surface area contributed by atoms with Crippen molar-refractivity contribution < 1.29 is 9.53 Å². The van der Waals surface area contributed by atoms with E-state index >= 15 is 0 Å². The van der Waals surface area contributed by atoms with Gasteiger partial charge in [-0.05, 0) is 18.6 Å². The van der Waals surface area contributed by atoms with Crippen molar-refractivity contribution in [1.29, 1.82) is 0 Å². The largest absolute Gasteiger partial charge is 0.459 e. The number of ether oxygens (including phenoxy) is 1. The molecule has 0 spiro atoms. The molecule has 0 bridgehead atoms. The summed E-state index contributed by atoms with van der Waals surface area (Å²) in [5, 5.41) is 0. The van der Waals surface area contributed by atoms with Gasteiger partial charge in [0.25, 0.3) is 0 Å². The molecule has 0 aliphatic heterocycles. The highest BCUT2D eigenvalue weighted by molar-refractivity contribution is 5.89. The van der Waals surface area contributed by atoms with Gasteiger partial charge in [-0.2, -0.15) is 0 Å². The lowest BCUT2D eigenvalue weighted by atomic mass is 10.1. The zero-order valence-corrected chi connectivity index (χ0v) is 7.63. The fourth-order valence-corrected chi connectivity index (χ4v) is 0.883. The first-order valence-corrected chi connectivity index (χ1v) is 3.89. The molecule has 0 N–H and O–H groups in total. The Kier molecular flexibility index (Phi) is 3.10. The van der Waals surface area contributed by atoms with Crippen molar-refractivity contribution in [3.8, 4) is 11.8 Å². The van der Waals surface area contributed by atoms with Crippen LogP contribution >= 0.6 is 0 Å². The fraction of sp³-hybridized carbons (Fsp3) is 0.182. The van der Waals surface area contributed by atoms with Crippen molar-refractivity contribution in [2.75, 3.05) is 7.11 Å². The van der Waals surface area contributed by atoms with Gasteiger partial charge in [0.2, 0.25) is 0 Å². The van der Waals surface area contributed by atoms with E-state index in [1.165, 1.54) is 7.11 Å². The molecular formula is C11H10O2. The van der Waals surface area contributed by atoms with Gasteiger partial charge in [0.1, 0.15) is 0 Å². The molecule has 0 saturated carbocycles. The molecule has 0 aromatic heterocycles. The lowest BCUT2D eigenvalue weighted by Gasteiger charge is -1.94. The normalized spacial score (nSPS) is 8.46. The van der Waals surface area contributed by atoms with Crippen LogP contribution in [0.2, 0.25) is 0 Å². The molecular weight excluding hydrogens is 164 g/mol. The number of carbonyl (C=O) groups is 1. The van der Waals surface area contributed by atoms with E-state index in [-0.39, 0.29) is 0 Å². The van der Waals surface area contributed by atoms with Crippen molar-refractivity contribution >= 4 is 5.97 Å². The van der Waals surface area contributed by atoms with E-state index in [1.54, 1.807) is 0 Å². The highest BCUT2D eigenvalue weighted by Crippen LogP contribution is 2.03. The van der Waals surface area contributed by atoms with Crippen LogP contribution in [-0.2, 0) is 9.53 Å². The van der Waals surface area contributed by atoms with Gasteiger partial charge in [0, 0.05) is 11.5 Å². The summed E-state index contributed by atoms with van der Waals surface area (Å²) in [5.74, 6) is 4.61. The maximum Gasteiger partial charge on any atom is 0.384 e. The molecule has 0 heterocycles. The first kappa shape index (κ1) is 9.34. The Hall–Kier alpha value is -1.75. The lowest BCUT2D eigenvalue weighted by molar-refractivity contribution is -0.133. The number of aryl methyl sites for hydroxylation is 1. The Balaban J connectivity index is 2.89. The molecule has 1 aromatic rings. The molecule has 2 nitrogen and oxygen atoms in total. The monoisotopic (exact) mass is 174 g/mol. The first-order chi connectivity index (χ1) is 6.24. The number of carbonyl (C=O) groups excluding carboxylic acids is 1. The lowest BCUT2D eigenvalue weighted by Crippen LogP contribution is -1.94. The SMILES string of the molecule is COC(=O)C#Cc1ccccc1C. The summed E-state index contributed by atoms with van der Waals surface area (Å²) in [7, 11) is 1.31. The average molecular weight is 174 g/mol. The summed E-state index contributed by atoms with van der Waals surface area (Å²) in [6, 6.07) is 7.62. The Labute approximate surface area is 77.5 Å². The van der Waals surface area contributed by atoms with Gasteiger partial charge < -0.3 is 4.74 Å². The second-order valence-electron chi connectivity index (χ2n) is 2.56. The maximum atomic E-state index is 10.7. The van der Waals surface area contributed by atoms with E-state index in [2.05, 4.69) is 16.6 Å². The van der Waals surface area contributed by atoms with Crippen LogP contribution in [0.15, 0.2) is 24.3 Å². The zero-order chi connectivity index (χ0) is 9.68. The molecule has 0 aliphatic rings. The number of esters is 1. The van der Waals surface area contributed by atoms with Crippen LogP contribution in [0.3, 0.4) is 0 Å².